The number of aliphatic hydroxyl groups is 1. The lowest BCUT2D eigenvalue weighted by molar-refractivity contribution is 0.277. The minimum absolute atomic E-state index is 0.101. The van der Waals surface area contributed by atoms with E-state index in [2.05, 4.69) is 4.98 Å². The lowest BCUT2D eigenvalue weighted by atomic mass is 10.3. The summed E-state index contributed by atoms with van der Waals surface area (Å²) in [6, 6.07) is 6.06. The van der Waals surface area contributed by atoms with Gasteiger partial charge >= 0.3 is 5.69 Å². The molecule has 0 amide bonds. The van der Waals surface area contributed by atoms with Crippen LogP contribution in [0, 0.1) is 5.82 Å². The molecule has 3 aromatic rings. The summed E-state index contributed by atoms with van der Waals surface area (Å²) in [6.07, 6.45) is 0.323. The highest BCUT2D eigenvalue weighted by molar-refractivity contribution is 5.77. The van der Waals surface area contributed by atoms with Crippen molar-refractivity contribution < 1.29 is 9.50 Å². The number of aryl methyl sites for hydroxylation is 1. The number of aliphatic hydroxyl groups excluding tert-OH is 1. The summed E-state index contributed by atoms with van der Waals surface area (Å²) >= 11 is 0. The molecule has 8 nitrogen and oxygen atoms in total. The summed E-state index contributed by atoms with van der Waals surface area (Å²) < 4.78 is 17.5. The molecule has 0 atom stereocenters. The third-order valence-corrected chi connectivity index (χ3v) is 4.68. The van der Waals surface area contributed by atoms with E-state index in [0.717, 1.165) is 10.3 Å². The van der Waals surface area contributed by atoms with Crippen LogP contribution in [0.3, 0.4) is 0 Å². The third-order valence-electron chi connectivity index (χ3n) is 4.68. The van der Waals surface area contributed by atoms with Crippen molar-refractivity contribution in [3.8, 4) is 0 Å². The number of fused-ring (bicyclic) bond motifs is 3. The highest BCUT2D eigenvalue weighted by atomic mass is 19.1. The van der Waals surface area contributed by atoms with Gasteiger partial charge < -0.3 is 14.6 Å². The number of hydrogen-bond donors (Lipinski definition) is 1. The standard InChI is InChI=1S/C17H18FN5O3/c1-20-14-13(15(25)23(17(20)26)7-2-10-24)22-9-8-21(16(22)19-14)12-5-3-11(18)4-6-12/h3-6,24H,2,7-10H2,1H3. The van der Waals surface area contributed by atoms with Gasteiger partial charge in [-0.25, -0.2) is 9.18 Å². The lowest BCUT2D eigenvalue weighted by Crippen LogP contribution is -2.39. The van der Waals surface area contributed by atoms with Gasteiger partial charge in [0, 0.05) is 39.0 Å². The number of hydrogen-bond acceptors (Lipinski definition) is 5. The van der Waals surface area contributed by atoms with E-state index in [0.29, 0.717) is 36.6 Å². The molecule has 0 aliphatic carbocycles. The van der Waals surface area contributed by atoms with Gasteiger partial charge in [0.15, 0.2) is 11.2 Å². The van der Waals surface area contributed by atoms with Crippen LogP contribution in [0.15, 0.2) is 33.9 Å². The molecule has 1 aliphatic heterocycles. The van der Waals surface area contributed by atoms with E-state index in [4.69, 9.17) is 5.11 Å². The highest BCUT2D eigenvalue weighted by Crippen LogP contribution is 2.31. The van der Waals surface area contributed by atoms with Crippen molar-refractivity contribution in [1.29, 1.82) is 0 Å². The average Bonchev–Trinajstić information content (AvgIpc) is 3.20. The fourth-order valence-corrected chi connectivity index (χ4v) is 3.37. The number of anilines is 2. The molecule has 9 heteroatoms. The molecule has 1 aliphatic rings. The van der Waals surface area contributed by atoms with Crippen LogP contribution in [0.4, 0.5) is 16.0 Å². The number of aromatic nitrogens is 4. The molecular weight excluding hydrogens is 341 g/mol. The minimum atomic E-state index is -0.457. The van der Waals surface area contributed by atoms with Crippen molar-refractivity contribution >= 4 is 22.8 Å². The normalized spacial score (nSPS) is 13.6. The monoisotopic (exact) mass is 359 g/mol. The van der Waals surface area contributed by atoms with E-state index < -0.39 is 11.2 Å². The predicted octanol–water partition coefficient (Wildman–Crippen LogP) is 0.570. The predicted molar refractivity (Wildman–Crippen MR) is 94.3 cm³/mol. The Morgan fingerprint density at radius 3 is 2.62 bits per heavy atom. The van der Waals surface area contributed by atoms with Gasteiger partial charge in [-0.05, 0) is 30.7 Å². The van der Waals surface area contributed by atoms with Crippen molar-refractivity contribution in [3.63, 3.8) is 0 Å². The molecule has 0 saturated heterocycles. The van der Waals surface area contributed by atoms with E-state index >= 15 is 0 Å². The summed E-state index contributed by atoms with van der Waals surface area (Å²) in [5.41, 5.74) is 0.593. The molecule has 0 radical (unpaired) electrons. The molecule has 3 heterocycles. The maximum Gasteiger partial charge on any atom is 0.332 e. The molecule has 1 N–H and O–H groups in total. The zero-order valence-corrected chi connectivity index (χ0v) is 14.2. The van der Waals surface area contributed by atoms with E-state index in [1.54, 1.807) is 23.7 Å². The zero-order valence-electron chi connectivity index (χ0n) is 14.2. The zero-order chi connectivity index (χ0) is 18.4. The Labute approximate surface area is 147 Å². The minimum Gasteiger partial charge on any atom is -0.396 e. The molecule has 2 aromatic heterocycles. The van der Waals surface area contributed by atoms with Crippen molar-refractivity contribution in [1.82, 2.24) is 18.7 Å². The van der Waals surface area contributed by atoms with Gasteiger partial charge in [-0.2, -0.15) is 4.98 Å². The van der Waals surface area contributed by atoms with Crippen LogP contribution in [0.1, 0.15) is 6.42 Å². The SMILES string of the molecule is Cn1c(=O)n(CCCO)c(=O)c2c1nc1n2CCN1c1ccc(F)cc1. The number of imidazole rings is 1. The lowest BCUT2D eigenvalue weighted by Gasteiger charge is -2.15. The summed E-state index contributed by atoms with van der Waals surface area (Å²) in [5, 5.41) is 9.01. The summed E-state index contributed by atoms with van der Waals surface area (Å²) in [7, 11) is 1.57. The van der Waals surface area contributed by atoms with Gasteiger partial charge in [-0.1, -0.05) is 0 Å². The smallest absolute Gasteiger partial charge is 0.332 e. The van der Waals surface area contributed by atoms with Gasteiger partial charge in [-0.3, -0.25) is 13.9 Å². The van der Waals surface area contributed by atoms with E-state index in [1.807, 2.05) is 4.90 Å². The van der Waals surface area contributed by atoms with Crippen LogP contribution in [-0.4, -0.2) is 36.9 Å². The van der Waals surface area contributed by atoms with Crippen molar-refractivity contribution in [2.75, 3.05) is 18.1 Å². The van der Waals surface area contributed by atoms with Gasteiger partial charge in [0.2, 0.25) is 5.95 Å². The number of benzene rings is 1. The summed E-state index contributed by atoms with van der Waals surface area (Å²) in [4.78, 5) is 31.7. The maximum atomic E-state index is 13.2. The molecule has 0 bridgehead atoms. The van der Waals surface area contributed by atoms with Gasteiger partial charge in [-0.15, -0.1) is 0 Å². The topological polar surface area (TPSA) is 85.3 Å². The largest absolute Gasteiger partial charge is 0.396 e. The summed E-state index contributed by atoms with van der Waals surface area (Å²) in [5.74, 6) is 0.231. The molecule has 1 aromatic carbocycles. The highest BCUT2D eigenvalue weighted by Gasteiger charge is 2.28. The molecular formula is C17H18FN5O3. The Morgan fingerprint density at radius 2 is 1.92 bits per heavy atom. The fraction of sp³-hybridized carbons (Fsp3) is 0.353. The van der Waals surface area contributed by atoms with E-state index in [9.17, 15) is 14.0 Å². The molecule has 0 saturated carbocycles. The van der Waals surface area contributed by atoms with Crippen molar-refractivity contribution in [3.05, 3.63) is 50.9 Å². The second-order valence-corrected chi connectivity index (χ2v) is 6.24. The van der Waals surface area contributed by atoms with Gasteiger partial charge in [0.05, 0.1) is 0 Å². The summed E-state index contributed by atoms with van der Waals surface area (Å²) in [6.45, 7) is 1.19. The number of rotatable bonds is 4. The maximum absolute atomic E-state index is 13.2. The van der Waals surface area contributed by atoms with Crippen LogP contribution >= 0.6 is 0 Å². The number of nitrogens with zero attached hydrogens (tertiary/aromatic N) is 5. The first kappa shape index (κ1) is 16.5. The van der Waals surface area contributed by atoms with Crippen LogP contribution in [0.25, 0.3) is 11.2 Å². The Morgan fingerprint density at radius 1 is 1.19 bits per heavy atom. The van der Waals surface area contributed by atoms with Crippen molar-refractivity contribution in [2.24, 2.45) is 7.05 Å². The van der Waals surface area contributed by atoms with Gasteiger partial charge in [0.25, 0.3) is 5.56 Å². The Hall–Kier alpha value is -2.94. The first-order valence-corrected chi connectivity index (χ1v) is 8.37. The Balaban J connectivity index is 1.91. The van der Waals surface area contributed by atoms with Crippen LogP contribution in [0.5, 0.6) is 0 Å². The molecule has 4 rings (SSSR count). The Bertz CT molecular complexity index is 1100. The molecule has 136 valence electrons. The Kier molecular flexibility index (Phi) is 3.87. The quantitative estimate of drug-likeness (QED) is 0.736. The van der Waals surface area contributed by atoms with E-state index in [1.165, 1.54) is 16.7 Å². The second-order valence-electron chi connectivity index (χ2n) is 6.24. The van der Waals surface area contributed by atoms with E-state index in [-0.39, 0.29) is 19.0 Å². The number of halogens is 1. The molecule has 26 heavy (non-hydrogen) atoms. The molecule has 0 fully saturated rings. The first-order valence-electron chi connectivity index (χ1n) is 8.37. The molecule has 0 spiro atoms. The second kappa shape index (κ2) is 6.10. The van der Waals surface area contributed by atoms with Crippen molar-refractivity contribution in [2.45, 2.75) is 19.5 Å². The van der Waals surface area contributed by atoms with Crippen LogP contribution in [0.2, 0.25) is 0 Å². The van der Waals surface area contributed by atoms with Crippen LogP contribution in [-0.2, 0) is 20.1 Å². The van der Waals surface area contributed by atoms with Crippen LogP contribution < -0.4 is 16.1 Å². The average molecular weight is 359 g/mol. The third kappa shape index (κ3) is 2.35. The van der Waals surface area contributed by atoms with Gasteiger partial charge in [0.1, 0.15) is 5.82 Å². The molecule has 0 unspecified atom stereocenters. The first-order chi connectivity index (χ1) is 12.5. The fourth-order valence-electron chi connectivity index (χ4n) is 3.37.